The molecule has 126 valence electrons. The van der Waals surface area contributed by atoms with Gasteiger partial charge in [0.2, 0.25) is 5.91 Å². The molecule has 1 fully saturated rings. The van der Waals surface area contributed by atoms with Crippen LogP contribution < -0.4 is 10.2 Å². The zero-order valence-electron chi connectivity index (χ0n) is 14.6. The maximum absolute atomic E-state index is 12.4. The number of fused-ring (bicyclic) bond motifs is 1. The smallest absolute Gasteiger partial charge is 0.298 e. The van der Waals surface area contributed by atoms with Crippen LogP contribution >= 0.6 is 0 Å². The Morgan fingerprint density at radius 2 is 2.12 bits per heavy atom. The molecule has 1 aromatic carbocycles. The summed E-state index contributed by atoms with van der Waals surface area (Å²) < 4.78 is 0. The van der Waals surface area contributed by atoms with Gasteiger partial charge in [0, 0.05) is 37.6 Å². The van der Waals surface area contributed by atoms with E-state index < -0.39 is 5.41 Å². The molecule has 24 heavy (non-hydrogen) atoms. The summed E-state index contributed by atoms with van der Waals surface area (Å²) in [6, 6.07) is 6.28. The van der Waals surface area contributed by atoms with Gasteiger partial charge in [0.05, 0.1) is 5.41 Å². The van der Waals surface area contributed by atoms with Crippen LogP contribution in [0.5, 0.6) is 0 Å². The van der Waals surface area contributed by atoms with Crippen LogP contribution in [0.4, 0.5) is 11.4 Å². The fourth-order valence-electron chi connectivity index (χ4n) is 3.56. The second kappa shape index (κ2) is 5.86. The first-order valence-corrected chi connectivity index (χ1v) is 8.25. The van der Waals surface area contributed by atoms with Gasteiger partial charge in [-0.05, 0) is 50.8 Å². The lowest BCUT2D eigenvalue weighted by molar-refractivity contribution is -0.124. The Kier molecular flexibility index (Phi) is 4.00. The van der Waals surface area contributed by atoms with Crippen LogP contribution in [0.2, 0.25) is 0 Å². The minimum absolute atomic E-state index is 0.108. The molecule has 1 saturated heterocycles. The Morgan fingerprint density at radius 3 is 2.83 bits per heavy atom. The van der Waals surface area contributed by atoms with Gasteiger partial charge in [-0.25, -0.2) is 0 Å². The highest BCUT2D eigenvalue weighted by Crippen LogP contribution is 2.42. The van der Waals surface area contributed by atoms with E-state index in [1.165, 1.54) is 0 Å². The van der Waals surface area contributed by atoms with E-state index in [2.05, 4.69) is 17.2 Å². The van der Waals surface area contributed by atoms with Gasteiger partial charge in [0.1, 0.15) is 0 Å². The fraction of sp³-hybridized carbons (Fsp3) is 0.474. The molecule has 2 aliphatic rings. The summed E-state index contributed by atoms with van der Waals surface area (Å²) in [4.78, 5) is 27.7. The molecule has 2 amide bonds. The number of likely N-dealkylation sites (tertiary alicyclic amines) is 1. The molecule has 2 aliphatic heterocycles. The molecule has 0 spiro atoms. The lowest BCUT2D eigenvalue weighted by Crippen LogP contribution is -2.33. The van der Waals surface area contributed by atoms with Gasteiger partial charge in [0.15, 0.2) is 0 Å². The van der Waals surface area contributed by atoms with Crippen molar-refractivity contribution in [3.05, 3.63) is 23.8 Å². The fourth-order valence-corrected chi connectivity index (χ4v) is 3.56. The normalized spacial score (nSPS) is 21.3. The molecular formula is C19H23N3O2. The third-order valence-electron chi connectivity index (χ3n) is 4.95. The minimum Gasteiger partial charge on any atom is -0.380 e. The van der Waals surface area contributed by atoms with Gasteiger partial charge < -0.3 is 15.1 Å². The van der Waals surface area contributed by atoms with Crippen molar-refractivity contribution in [3.8, 4) is 11.8 Å². The van der Waals surface area contributed by atoms with E-state index in [0.717, 1.165) is 29.9 Å². The highest BCUT2D eigenvalue weighted by Gasteiger charge is 2.42. The Labute approximate surface area is 143 Å². The second-order valence-electron chi connectivity index (χ2n) is 6.98. The number of benzene rings is 1. The molecular weight excluding hydrogens is 302 g/mol. The third kappa shape index (κ3) is 2.62. The molecule has 3 rings (SSSR count). The summed E-state index contributed by atoms with van der Waals surface area (Å²) in [5, 5.41) is 3.48. The van der Waals surface area contributed by atoms with Gasteiger partial charge in [-0.1, -0.05) is 12.0 Å². The van der Waals surface area contributed by atoms with Crippen molar-refractivity contribution >= 4 is 23.2 Å². The number of nitrogens with zero attached hydrogens (tertiary/aromatic N) is 2. The maximum Gasteiger partial charge on any atom is 0.298 e. The van der Waals surface area contributed by atoms with E-state index in [1.54, 1.807) is 16.7 Å². The molecule has 5 heteroatoms. The van der Waals surface area contributed by atoms with Crippen molar-refractivity contribution in [1.29, 1.82) is 0 Å². The van der Waals surface area contributed by atoms with Crippen molar-refractivity contribution in [2.75, 3.05) is 30.4 Å². The van der Waals surface area contributed by atoms with Crippen molar-refractivity contribution in [3.63, 3.8) is 0 Å². The number of hydrogen-bond acceptors (Lipinski definition) is 3. The minimum atomic E-state index is -0.474. The second-order valence-corrected chi connectivity index (χ2v) is 6.98. The Balaban J connectivity index is 1.73. The van der Waals surface area contributed by atoms with Crippen LogP contribution in [0, 0.1) is 11.8 Å². The van der Waals surface area contributed by atoms with Crippen molar-refractivity contribution < 1.29 is 9.59 Å². The van der Waals surface area contributed by atoms with Gasteiger partial charge in [-0.3, -0.25) is 9.59 Å². The van der Waals surface area contributed by atoms with Crippen LogP contribution in [0.25, 0.3) is 0 Å². The van der Waals surface area contributed by atoms with E-state index in [4.69, 9.17) is 0 Å². The molecule has 0 bridgehead atoms. The number of carbonyl (C=O) groups excluding carboxylic acids is 2. The SMILES string of the molecule is CC#CC(=O)N1CCC(Nc2ccc3c(c2)N(C)C(=O)C3(C)C)C1. The predicted octanol–water partition coefficient (Wildman–Crippen LogP) is 1.98. The Hall–Kier alpha value is -2.48. The first-order valence-electron chi connectivity index (χ1n) is 8.25. The highest BCUT2D eigenvalue weighted by molar-refractivity contribution is 6.07. The van der Waals surface area contributed by atoms with Crippen LogP contribution in [0.1, 0.15) is 32.8 Å². The van der Waals surface area contributed by atoms with Gasteiger partial charge in [-0.15, -0.1) is 0 Å². The van der Waals surface area contributed by atoms with Gasteiger partial charge in [0.25, 0.3) is 5.91 Å². The van der Waals surface area contributed by atoms with Crippen molar-refractivity contribution in [1.82, 2.24) is 4.90 Å². The Bertz CT molecular complexity index is 758. The van der Waals surface area contributed by atoms with Gasteiger partial charge >= 0.3 is 0 Å². The highest BCUT2D eigenvalue weighted by atomic mass is 16.2. The lowest BCUT2D eigenvalue weighted by atomic mass is 9.86. The number of hydrogen-bond donors (Lipinski definition) is 1. The summed E-state index contributed by atoms with van der Waals surface area (Å²) >= 11 is 0. The average molecular weight is 325 g/mol. The molecule has 0 radical (unpaired) electrons. The molecule has 0 saturated carbocycles. The number of carbonyl (C=O) groups is 2. The molecule has 0 aromatic heterocycles. The van der Waals surface area contributed by atoms with E-state index in [-0.39, 0.29) is 17.9 Å². The van der Waals surface area contributed by atoms with Crippen molar-refractivity contribution in [2.24, 2.45) is 0 Å². The third-order valence-corrected chi connectivity index (χ3v) is 4.95. The van der Waals surface area contributed by atoms with E-state index >= 15 is 0 Å². The number of anilines is 2. The summed E-state index contributed by atoms with van der Waals surface area (Å²) in [6.45, 7) is 6.97. The monoisotopic (exact) mass is 325 g/mol. The maximum atomic E-state index is 12.4. The molecule has 1 N–H and O–H groups in total. The predicted molar refractivity (Wildman–Crippen MR) is 94.9 cm³/mol. The first kappa shape index (κ1) is 16.4. The molecule has 1 atom stereocenters. The zero-order valence-corrected chi connectivity index (χ0v) is 14.6. The quantitative estimate of drug-likeness (QED) is 0.846. The van der Waals surface area contributed by atoms with E-state index in [1.807, 2.05) is 39.1 Å². The van der Waals surface area contributed by atoms with Crippen molar-refractivity contribution in [2.45, 2.75) is 38.6 Å². The summed E-state index contributed by atoms with van der Waals surface area (Å²) in [5.74, 6) is 5.25. The number of likely N-dealkylation sites (N-methyl/N-ethyl adjacent to an activating group) is 1. The van der Waals surface area contributed by atoms with Crippen LogP contribution in [0.3, 0.4) is 0 Å². The summed E-state index contributed by atoms with van der Waals surface area (Å²) in [6.07, 6.45) is 0.897. The molecule has 1 unspecified atom stereocenters. The largest absolute Gasteiger partial charge is 0.380 e. The molecule has 1 aromatic rings. The summed E-state index contributed by atoms with van der Waals surface area (Å²) in [7, 11) is 1.82. The molecule has 5 nitrogen and oxygen atoms in total. The average Bonchev–Trinajstić information content (AvgIpc) is 3.07. The Morgan fingerprint density at radius 1 is 1.38 bits per heavy atom. The summed E-state index contributed by atoms with van der Waals surface area (Å²) in [5.41, 5.74) is 2.52. The van der Waals surface area contributed by atoms with E-state index in [0.29, 0.717) is 6.54 Å². The number of nitrogens with one attached hydrogen (secondary N) is 1. The number of rotatable bonds is 2. The standard InChI is InChI=1S/C19H23N3O2/c1-5-6-17(23)22-10-9-14(12-22)20-13-7-8-15-16(11-13)21(4)18(24)19(15,2)3/h7-8,11,14,20H,9-10,12H2,1-4H3. The van der Waals surface area contributed by atoms with Crippen LogP contribution in [0.15, 0.2) is 18.2 Å². The first-order chi connectivity index (χ1) is 11.3. The lowest BCUT2D eigenvalue weighted by Gasteiger charge is -2.17. The van der Waals surface area contributed by atoms with Crippen LogP contribution in [-0.2, 0) is 15.0 Å². The zero-order chi connectivity index (χ0) is 17.5. The molecule has 0 aliphatic carbocycles. The van der Waals surface area contributed by atoms with Crippen LogP contribution in [-0.4, -0.2) is 42.9 Å². The van der Waals surface area contributed by atoms with E-state index in [9.17, 15) is 9.59 Å². The topological polar surface area (TPSA) is 52.7 Å². The van der Waals surface area contributed by atoms with Gasteiger partial charge in [-0.2, -0.15) is 0 Å². The molecule has 2 heterocycles. The number of amides is 2.